The Bertz CT molecular complexity index is 1490. The Kier molecular flexibility index (Phi) is 8.00. The monoisotopic (exact) mass is 513 g/mol. The first-order valence-electron chi connectivity index (χ1n) is 11.7. The van der Waals surface area contributed by atoms with Gasteiger partial charge >= 0.3 is 0 Å². The molecule has 0 unspecified atom stereocenters. The van der Waals surface area contributed by atoms with Crippen molar-refractivity contribution in [3.8, 4) is 0 Å². The number of benzene rings is 4. The van der Waals surface area contributed by atoms with Crippen LogP contribution < -0.4 is 14.9 Å². The zero-order valence-electron chi connectivity index (χ0n) is 20.3. The van der Waals surface area contributed by atoms with Gasteiger partial charge in [-0.05, 0) is 48.4 Å². The van der Waals surface area contributed by atoms with Crippen molar-refractivity contribution in [2.24, 2.45) is 0 Å². The SMILES string of the molecule is CN(c1ccccc1C(=O)Nc1ccccc1C(=O)NCCc1ccccc1)S(=O)(=O)c1ccccc1. The van der Waals surface area contributed by atoms with E-state index in [-0.39, 0.29) is 22.1 Å². The maximum atomic E-state index is 13.3. The van der Waals surface area contributed by atoms with Crippen LogP contribution in [0.3, 0.4) is 0 Å². The van der Waals surface area contributed by atoms with E-state index in [2.05, 4.69) is 10.6 Å². The number of carbonyl (C=O) groups is 2. The van der Waals surface area contributed by atoms with Gasteiger partial charge in [0.25, 0.3) is 21.8 Å². The van der Waals surface area contributed by atoms with Crippen molar-refractivity contribution in [2.75, 3.05) is 23.2 Å². The molecule has 0 bridgehead atoms. The Morgan fingerprint density at radius 1 is 0.703 bits per heavy atom. The van der Waals surface area contributed by atoms with Crippen LogP contribution >= 0.6 is 0 Å². The number of hydrogen-bond donors (Lipinski definition) is 2. The van der Waals surface area contributed by atoms with Crippen molar-refractivity contribution in [3.63, 3.8) is 0 Å². The fourth-order valence-electron chi connectivity index (χ4n) is 3.86. The minimum absolute atomic E-state index is 0.116. The van der Waals surface area contributed by atoms with E-state index >= 15 is 0 Å². The lowest BCUT2D eigenvalue weighted by Gasteiger charge is -2.22. The molecule has 0 aliphatic rings. The predicted molar refractivity (Wildman–Crippen MR) is 145 cm³/mol. The molecule has 188 valence electrons. The molecule has 8 heteroatoms. The second-order valence-corrected chi connectivity index (χ2v) is 10.3. The smallest absolute Gasteiger partial charge is 0.264 e. The Morgan fingerprint density at radius 2 is 1.27 bits per heavy atom. The summed E-state index contributed by atoms with van der Waals surface area (Å²) < 4.78 is 27.4. The molecule has 4 aromatic rings. The number of nitrogens with zero attached hydrogens (tertiary/aromatic N) is 1. The summed E-state index contributed by atoms with van der Waals surface area (Å²) in [4.78, 5) is 26.3. The minimum Gasteiger partial charge on any atom is -0.352 e. The highest BCUT2D eigenvalue weighted by Gasteiger charge is 2.25. The highest BCUT2D eigenvalue weighted by atomic mass is 32.2. The molecule has 0 aliphatic heterocycles. The Labute approximate surface area is 216 Å². The summed E-state index contributed by atoms with van der Waals surface area (Å²) in [6.07, 6.45) is 0.677. The number of anilines is 2. The van der Waals surface area contributed by atoms with Gasteiger partial charge in [0.15, 0.2) is 0 Å². The second kappa shape index (κ2) is 11.5. The van der Waals surface area contributed by atoms with Gasteiger partial charge in [-0.2, -0.15) is 0 Å². The number of carbonyl (C=O) groups excluding carboxylic acids is 2. The number of nitrogens with one attached hydrogen (secondary N) is 2. The van der Waals surface area contributed by atoms with E-state index in [1.165, 1.54) is 19.2 Å². The van der Waals surface area contributed by atoms with Crippen LogP contribution in [0.5, 0.6) is 0 Å². The van der Waals surface area contributed by atoms with E-state index in [4.69, 9.17) is 0 Å². The lowest BCUT2D eigenvalue weighted by atomic mass is 10.1. The van der Waals surface area contributed by atoms with Crippen molar-refractivity contribution >= 4 is 33.2 Å². The molecular weight excluding hydrogens is 486 g/mol. The minimum atomic E-state index is -3.89. The Hall–Kier alpha value is -4.43. The van der Waals surface area contributed by atoms with E-state index in [9.17, 15) is 18.0 Å². The highest BCUT2D eigenvalue weighted by molar-refractivity contribution is 7.92. The molecule has 7 nitrogen and oxygen atoms in total. The van der Waals surface area contributed by atoms with Crippen molar-refractivity contribution < 1.29 is 18.0 Å². The third kappa shape index (κ3) is 6.05. The van der Waals surface area contributed by atoms with Crippen LogP contribution in [-0.2, 0) is 16.4 Å². The van der Waals surface area contributed by atoms with Crippen LogP contribution in [0.2, 0.25) is 0 Å². The van der Waals surface area contributed by atoms with Crippen molar-refractivity contribution in [3.05, 3.63) is 126 Å². The van der Waals surface area contributed by atoms with Crippen LogP contribution in [-0.4, -0.2) is 33.8 Å². The molecule has 2 N–H and O–H groups in total. The van der Waals surface area contributed by atoms with Gasteiger partial charge in [-0.15, -0.1) is 0 Å². The summed E-state index contributed by atoms with van der Waals surface area (Å²) >= 11 is 0. The first kappa shape index (κ1) is 25.7. The van der Waals surface area contributed by atoms with Crippen molar-refractivity contribution in [2.45, 2.75) is 11.3 Å². The van der Waals surface area contributed by atoms with E-state index in [1.807, 2.05) is 30.3 Å². The average molecular weight is 514 g/mol. The molecule has 0 heterocycles. The molecule has 4 rings (SSSR count). The summed E-state index contributed by atoms with van der Waals surface area (Å²) in [5.74, 6) is -0.848. The van der Waals surface area contributed by atoms with Crippen molar-refractivity contribution in [1.82, 2.24) is 5.32 Å². The molecule has 37 heavy (non-hydrogen) atoms. The van der Waals surface area contributed by atoms with Gasteiger partial charge in [-0.3, -0.25) is 13.9 Å². The molecule has 0 atom stereocenters. The normalized spacial score (nSPS) is 10.9. The van der Waals surface area contributed by atoms with Crippen LogP contribution in [0.25, 0.3) is 0 Å². The van der Waals surface area contributed by atoms with Crippen LogP contribution in [0, 0.1) is 0 Å². The maximum absolute atomic E-state index is 13.3. The summed E-state index contributed by atoms with van der Waals surface area (Å²) in [7, 11) is -2.48. The molecule has 0 radical (unpaired) electrons. The molecule has 2 amide bonds. The summed E-state index contributed by atoms with van der Waals surface area (Å²) in [6, 6.07) is 31.0. The number of amides is 2. The number of rotatable bonds is 9. The Morgan fingerprint density at radius 3 is 1.97 bits per heavy atom. The van der Waals surface area contributed by atoms with Crippen molar-refractivity contribution in [1.29, 1.82) is 0 Å². The van der Waals surface area contributed by atoms with Crippen LogP contribution in [0.1, 0.15) is 26.3 Å². The van der Waals surface area contributed by atoms with Crippen LogP contribution in [0.15, 0.2) is 114 Å². The molecule has 0 aliphatic carbocycles. The summed E-state index contributed by atoms with van der Waals surface area (Å²) in [5.41, 5.74) is 2.12. The largest absolute Gasteiger partial charge is 0.352 e. The van der Waals surface area contributed by atoms with Crippen LogP contribution in [0.4, 0.5) is 11.4 Å². The maximum Gasteiger partial charge on any atom is 0.264 e. The third-order valence-corrected chi connectivity index (χ3v) is 7.64. The molecular formula is C29H27N3O4S. The third-order valence-electron chi connectivity index (χ3n) is 5.85. The lowest BCUT2D eigenvalue weighted by Crippen LogP contribution is -2.29. The van der Waals surface area contributed by atoms with Gasteiger partial charge in [0.1, 0.15) is 0 Å². The second-order valence-electron chi connectivity index (χ2n) is 8.29. The highest BCUT2D eigenvalue weighted by Crippen LogP contribution is 2.27. The van der Waals surface area contributed by atoms with Gasteiger partial charge < -0.3 is 10.6 Å². The standard InChI is InChI=1S/C29H27N3O4S/c1-32(37(35,36)23-14-6-3-7-15-23)27-19-11-9-17-25(27)29(34)31-26-18-10-8-16-24(26)28(33)30-21-20-22-12-4-2-5-13-22/h2-19H,20-21H2,1H3,(H,30,33)(H,31,34). The fraction of sp³-hybridized carbons (Fsp3) is 0.103. The van der Waals surface area contributed by atoms with E-state index in [1.54, 1.807) is 66.7 Å². The van der Waals surface area contributed by atoms with E-state index in [0.29, 0.717) is 24.2 Å². The zero-order chi connectivity index (χ0) is 26.3. The number of para-hydroxylation sites is 2. The average Bonchev–Trinajstić information content (AvgIpc) is 2.94. The zero-order valence-corrected chi connectivity index (χ0v) is 21.1. The first-order chi connectivity index (χ1) is 17.9. The summed E-state index contributed by atoms with van der Waals surface area (Å²) in [5, 5.41) is 5.67. The topological polar surface area (TPSA) is 95.6 Å². The fourth-order valence-corrected chi connectivity index (χ4v) is 5.10. The molecule has 0 saturated heterocycles. The summed E-state index contributed by atoms with van der Waals surface area (Å²) in [6.45, 7) is 0.441. The van der Waals surface area contributed by atoms with Gasteiger partial charge in [-0.1, -0.05) is 72.8 Å². The van der Waals surface area contributed by atoms with E-state index in [0.717, 1.165) is 9.87 Å². The predicted octanol–water partition coefficient (Wildman–Crippen LogP) is 4.74. The molecule has 0 saturated carbocycles. The first-order valence-corrected chi connectivity index (χ1v) is 13.2. The molecule has 4 aromatic carbocycles. The van der Waals surface area contributed by atoms with E-state index < -0.39 is 15.9 Å². The Balaban J connectivity index is 1.52. The number of hydrogen-bond acceptors (Lipinski definition) is 4. The lowest BCUT2D eigenvalue weighted by molar-refractivity contribution is 0.0955. The molecule has 0 aromatic heterocycles. The molecule has 0 fully saturated rings. The van der Waals surface area contributed by atoms with Gasteiger partial charge in [-0.25, -0.2) is 8.42 Å². The van der Waals surface area contributed by atoms with Gasteiger partial charge in [0.2, 0.25) is 0 Å². The number of sulfonamides is 1. The quantitative estimate of drug-likeness (QED) is 0.338. The van der Waals surface area contributed by atoms with Gasteiger partial charge in [0, 0.05) is 13.6 Å². The molecule has 0 spiro atoms. The van der Waals surface area contributed by atoms with Gasteiger partial charge in [0.05, 0.1) is 27.4 Å².